The maximum absolute atomic E-state index is 12.0. The van der Waals surface area contributed by atoms with Crippen LogP contribution in [0.25, 0.3) is 16.9 Å². The van der Waals surface area contributed by atoms with Gasteiger partial charge in [0.15, 0.2) is 6.61 Å². The monoisotopic (exact) mass is 396 g/mol. The minimum absolute atomic E-state index is 0.115. The van der Waals surface area contributed by atoms with Gasteiger partial charge in [0.25, 0.3) is 5.91 Å². The summed E-state index contributed by atoms with van der Waals surface area (Å²) >= 11 is 0. The third kappa shape index (κ3) is 4.80. The van der Waals surface area contributed by atoms with Crippen LogP contribution >= 0.6 is 0 Å². The summed E-state index contributed by atoms with van der Waals surface area (Å²) in [6.07, 6.45) is 3.48. The van der Waals surface area contributed by atoms with Crippen molar-refractivity contribution in [3.05, 3.63) is 103 Å². The SMILES string of the molecule is O=C(COc1ccccc1)NN=Cc1cn(-c2ccccc2)nc1-c1ccccc1. The molecule has 0 aliphatic carbocycles. The standard InChI is InChI=1S/C24H20N4O2/c29-23(18-30-22-14-8-3-9-15-22)26-25-16-20-17-28(21-12-6-2-7-13-21)27-24(20)19-10-4-1-5-11-19/h1-17H,18H2,(H,26,29). The van der Waals surface area contributed by atoms with E-state index in [4.69, 9.17) is 9.84 Å². The van der Waals surface area contributed by atoms with Gasteiger partial charge < -0.3 is 4.74 Å². The lowest BCUT2D eigenvalue weighted by Gasteiger charge is -2.04. The van der Waals surface area contributed by atoms with Crippen molar-refractivity contribution in [1.29, 1.82) is 0 Å². The average Bonchev–Trinajstić information content (AvgIpc) is 3.24. The first kappa shape index (κ1) is 19.1. The lowest BCUT2D eigenvalue weighted by molar-refractivity contribution is -0.123. The largest absolute Gasteiger partial charge is 0.484 e. The molecule has 0 saturated heterocycles. The highest BCUT2D eigenvalue weighted by Crippen LogP contribution is 2.22. The van der Waals surface area contributed by atoms with Crippen LogP contribution in [-0.4, -0.2) is 28.5 Å². The molecule has 6 heteroatoms. The number of rotatable bonds is 7. The molecule has 6 nitrogen and oxygen atoms in total. The maximum atomic E-state index is 12.0. The first-order valence-corrected chi connectivity index (χ1v) is 9.50. The average molecular weight is 396 g/mol. The third-order valence-corrected chi connectivity index (χ3v) is 4.32. The zero-order valence-corrected chi connectivity index (χ0v) is 16.2. The van der Waals surface area contributed by atoms with E-state index in [0.717, 1.165) is 22.5 Å². The van der Waals surface area contributed by atoms with Crippen molar-refractivity contribution in [3.8, 4) is 22.7 Å². The van der Waals surface area contributed by atoms with Crippen LogP contribution in [0.2, 0.25) is 0 Å². The molecule has 0 radical (unpaired) electrons. The summed E-state index contributed by atoms with van der Waals surface area (Å²) in [6.45, 7) is -0.115. The van der Waals surface area contributed by atoms with Gasteiger partial charge in [-0.3, -0.25) is 4.79 Å². The Kier molecular flexibility index (Phi) is 5.96. The number of carbonyl (C=O) groups excluding carboxylic acids is 1. The van der Waals surface area contributed by atoms with Crippen molar-refractivity contribution in [2.45, 2.75) is 0 Å². The maximum Gasteiger partial charge on any atom is 0.277 e. The van der Waals surface area contributed by atoms with Gasteiger partial charge in [-0.1, -0.05) is 66.7 Å². The summed E-state index contributed by atoms with van der Waals surface area (Å²) in [4.78, 5) is 12.0. The van der Waals surface area contributed by atoms with Crippen molar-refractivity contribution in [2.24, 2.45) is 5.10 Å². The Morgan fingerprint density at radius 1 is 0.933 bits per heavy atom. The van der Waals surface area contributed by atoms with Gasteiger partial charge in [-0.2, -0.15) is 10.2 Å². The second-order valence-corrected chi connectivity index (χ2v) is 6.47. The Morgan fingerprint density at radius 2 is 1.57 bits per heavy atom. The van der Waals surface area contributed by atoms with Gasteiger partial charge in [0, 0.05) is 17.3 Å². The van der Waals surface area contributed by atoms with Crippen molar-refractivity contribution in [3.63, 3.8) is 0 Å². The lowest BCUT2D eigenvalue weighted by atomic mass is 10.1. The lowest BCUT2D eigenvalue weighted by Crippen LogP contribution is -2.24. The van der Waals surface area contributed by atoms with Crippen LogP contribution < -0.4 is 10.2 Å². The van der Waals surface area contributed by atoms with E-state index in [2.05, 4.69) is 10.5 Å². The summed E-state index contributed by atoms with van der Waals surface area (Å²) in [6, 6.07) is 28.8. The van der Waals surface area contributed by atoms with E-state index in [1.165, 1.54) is 0 Å². The fraction of sp³-hybridized carbons (Fsp3) is 0.0417. The topological polar surface area (TPSA) is 68.5 Å². The third-order valence-electron chi connectivity index (χ3n) is 4.32. The van der Waals surface area contributed by atoms with Gasteiger partial charge in [0.2, 0.25) is 0 Å². The summed E-state index contributed by atoms with van der Waals surface area (Å²) in [7, 11) is 0. The van der Waals surface area contributed by atoms with E-state index in [1.807, 2.05) is 85.1 Å². The molecule has 0 atom stereocenters. The van der Waals surface area contributed by atoms with Crippen LogP contribution in [0.4, 0.5) is 0 Å². The highest BCUT2D eigenvalue weighted by molar-refractivity contribution is 5.89. The Hall–Kier alpha value is -4.19. The molecule has 0 aliphatic heterocycles. The first-order chi connectivity index (χ1) is 14.8. The van der Waals surface area contributed by atoms with E-state index >= 15 is 0 Å². The Balaban J connectivity index is 1.49. The molecule has 4 rings (SSSR count). The van der Waals surface area contributed by atoms with Crippen molar-refractivity contribution < 1.29 is 9.53 Å². The van der Waals surface area contributed by atoms with Crippen LogP contribution in [0.5, 0.6) is 5.75 Å². The summed E-state index contributed by atoms with van der Waals surface area (Å²) < 4.78 is 7.22. The fourth-order valence-electron chi connectivity index (χ4n) is 2.89. The van der Waals surface area contributed by atoms with Gasteiger partial charge in [0.05, 0.1) is 11.9 Å². The molecule has 3 aromatic carbocycles. The number of hydrogen-bond donors (Lipinski definition) is 1. The molecule has 0 bridgehead atoms. The molecule has 1 aromatic heterocycles. The number of carbonyl (C=O) groups is 1. The molecular weight excluding hydrogens is 376 g/mol. The van der Waals surface area contributed by atoms with E-state index < -0.39 is 0 Å². The van der Waals surface area contributed by atoms with Crippen LogP contribution in [0.3, 0.4) is 0 Å². The number of nitrogens with one attached hydrogen (secondary N) is 1. The Bertz CT molecular complexity index is 1120. The molecule has 0 spiro atoms. The van der Waals surface area contributed by atoms with Crippen molar-refractivity contribution in [2.75, 3.05) is 6.61 Å². The van der Waals surface area contributed by atoms with E-state index in [-0.39, 0.29) is 12.5 Å². The van der Waals surface area contributed by atoms with Crippen LogP contribution in [0.1, 0.15) is 5.56 Å². The number of hydrogen-bond acceptors (Lipinski definition) is 4. The number of ether oxygens (including phenoxy) is 1. The zero-order chi connectivity index (χ0) is 20.6. The second-order valence-electron chi connectivity index (χ2n) is 6.47. The normalized spacial score (nSPS) is 10.8. The molecule has 0 fully saturated rings. The molecule has 30 heavy (non-hydrogen) atoms. The van der Waals surface area contributed by atoms with E-state index in [1.54, 1.807) is 23.0 Å². The quantitative estimate of drug-likeness (QED) is 0.378. The first-order valence-electron chi connectivity index (χ1n) is 9.50. The fourth-order valence-corrected chi connectivity index (χ4v) is 2.89. The number of nitrogens with zero attached hydrogens (tertiary/aromatic N) is 3. The van der Waals surface area contributed by atoms with Crippen molar-refractivity contribution in [1.82, 2.24) is 15.2 Å². The van der Waals surface area contributed by atoms with E-state index in [0.29, 0.717) is 5.75 Å². The minimum atomic E-state index is -0.341. The van der Waals surface area contributed by atoms with Crippen LogP contribution in [0, 0.1) is 0 Å². The highest BCUT2D eigenvalue weighted by Gasteiger charge is 2.11. The molecule has 0 aliphatic rings. The number of aromatic nitrogens is 2. The van der Waals surface area contributed by atoms with Crippen LogP contribution in [-0.2, 0) is 4.79 Å². The van der Waals surface area contributed by atoms with Crippen LogP contribution in [0.15, 0.2) is 102 Å². The molecule has 1 heterocycles. The molecule has 1 N–H and O–H groups in total. The zero-order valence-electron chi connectivity index (χ0n) is 16.2. The highest BCUT2D eigenvalue weighted by atomic mass is 16.5. The Labute approximate surface area is 174 Å². The smallest absolute Gasteiger partial charge is 0.277 e. The predicted octanol–water partition coefficient (Wildman–Crippen LogP) is 4.07. The van der Waals surface area contributed by atoms with Gasteiger partial charge in [0.1, 0.15) is 11.4 Å². The van der Waals surface area contributed by atoms with Crippen molar-refractivity contribution >= 4 is 12.1 Å². The molecule has 0 unspecified atom stereocenters. The van der Waals surface area contributed by atoms with E-state index in [9.17, 15) is 4.79 Å². The second kappa shape index (κ2) is 9.34. The molecular formula is C24H20N4O2. The van der Waals surface area contributed by atoms with Gasteiger partial charge in [-0.25, -0.2) is 10.1 Å². The summed E-state index contributed by atoms with van der Waals surface area (Å²) in [5.41, 5.74) is 5.96. The van der Waals surface area contributed by atoms with Gasteiger partial charge in [-0.15, -0.1) is 0 Å². The molecule has 148 valence electrons. The summed E-state index contributed by atoms with van der Waals surface area (Å²) in [5.74, 6) is 0.291. The Morgan fingerprint density at radius 3 is 2.27 bits per heavy atom. The number of para-hydroxylation sites is 2. The van der Waals surface area contributed by atoms with Gasteiger partial charge in [-0.05, 0) is 24.3 Å². The summed E-state index contributed by atoms with van der Waals surface area (Å²) in [5, 5.41) is 8.80. The molecule has 1 amide bonds. The minimum Gasteiger partial charge on any atom is -0.484 e. The number of hydrazone groups is 1. The number of amides is 1. The van der Waals surface area contributed by atoms with Gasteiger partial charge >= 0.3 is 0 Å². The predicted molar refractivity (Wildman–Crippen MR) is 117 cm³/mol. The molecule has 4 aromatic rings. The number of benzene rings is 3. The molecule has 0 saturated carbocycles.